The molecule has 1 aliphatic heterocycles. The number of nitrogens with zero attached hydrogens (tertiary/aromatic N) is 2. The number of aromatic nitrogens is 2. The molecule has 128 valence electrons. The molecule has 0 saturated carbocycles. The Morgan fingerprint density at radius 2 is 2.24 bits per heavy atom. The first-order chi connectivity index (χ1) is 12.2. The van der Waals surface area contributed by atoms with E-state index in [1.165, 1.54) is 11.3 Å². The second-order valence-electron chi connectivity index (χ2n) is 6.20. The number of aromatic amines is 1. The Morgan fingerprint density at radius 1 is 1.32 bits per heavy atom. The maximum absolute atomic E-state index is 12.8. The van der Waals surface area contributed by atoms with Crippen molar-refractivity contribution in [3.63, 3.8) is 0 Å². The van der Waals surface area contributed by atoms with Crippen LogP contribution in [0.25, 0.3) is 10.9 Å². The summed E-state index contributed by atoms with van der Waals surface area (Å²) < 4.78 is 0. The molecule has 1 saturated heterocycles. The predicted octanol–water partition coefficient (Wildman–Crippen LogP) is 3.12. The van der Waals surface area contributed by atoms with Gasteiger partial charge < -0.3 is 15.2 Å². The number of rotatable bonds is 3. The number of H-pyrrole nitrogens is 1. The minimum absolute atomic E-state index is 0.0248. The van der Waals surface area contributed by atoms with E-state index in [9.17, 15) is 9.59 Å². The molecule has 1 aliphatic rings. The number of carbonyl (C=O) groups excluding carboxylic acids is 2. The van der Waals surface area contributed by atoms with Gasteiger partial charge in [0.25, 0.3) is 5.91 Å². The van der Waals surface area contributed by atoms with Crippen molar-refractivity contribution < 1.29 is 9.59 Å². The number of carbonyl (C=O) groups is 2. The summed E-state index contributed by atoms with van der Waals surface area (Å²) in [6.07, 6.45) is 5.13. The third kappa shape index (κ3) is 3.28. The van der Waals surface area contributed by atoms with E-state index >= 15 is 0 Å². The standard InChI is InChI=1S/C18H18N4O2S/c23-16(21-18-20-7-9-25-18)14-2-1-8-22(11-14)17(24)13-4-3-12-5-6-19-15(12)10-13/h3-7,9-10,14,19H,1-2,8,11H2,(H,20,21,23)/t14-/m0/s1. The molecule has 1 atom stereocenters. The Labute approximate surface area is 148 Å². The number of fused-ring (bicyclic) bond motifs is 1. The number of nitrogens with one attached hydrogen (secondary N) is 2. The average Bonchev–Trinajstić information content (AvgIpc) is 3.32. The van der Waals surface area contributed by atoms with Gasteiger partial charge in [0.1, 0.15) is 0 Å². The van der Waals surface area contributed by atoms with Crippen LogP contribution in [0.2, 0.25) is 0 Å². The van der Waals surface area contributed by atoms with E-state index in [0.717, 1.165) is 23.7 Å². The van der Waals surface area contributed by atoms with Gasteiger partial charge in [0, 0.05) is 41.9 Å². The Bertz CT molecular complexity index is 903. The molecule has 25 heavy (non-hydrogen) atoms. The van der Waals surface area contributed by atoms with Crippen LogP contribution in [-0.4, -0.2) is 39.8 Å². The van der Waals surface area contributed by atoms with Crippen LogP contribution in [0.1, 0.15) is 23.2 Å². The number of piperidine rings is 1. The van der Waals surface area contributed by atoms with E-state index in [1.807, 2.05) is 35.8 Å². The fraction of sp³-hybridized carbons (Fsp3) is 0.278. The molecule has 2 aromatic heterocycles. The number of amides is 2. The molecule has 0 bridgehead atoms. The van der Waals surface area contributed by atoms with E-state index < -0.39 is 0 Å². The highest BCUT2D eigenvalue weighted by molar-refractivity contribution is 7.13. The van der Waals surface area contributed by atoms with E-state index in [4.69, 9.17) is 0 Å². The summed E-state index contributed by atoms with van der Waals surface area (Å²) in [6, 6.07) is 7.63. The lowest BCUT2D eigenvalue weighted by Crippen LogP contribution is -2.43. The van der Waals surface area contributed by atoms with Crippen molar-refractivity contribution in [3.8, 4) is 0 Å². The maximum Gasteiger partial charge on any atom is 0.253 e. The number of benzene rings is 1. The maximum atomic E-state index is 12.8. The lowest BCUT2D eigenvalue weighted by molar-refractivity contribution is -0.121. The van der Waals surface area contributed by atoms with Gasteiger partial charge in [-0.2, -0.15) is 0 Å². The van der Waals surface area contributed by atoms with Gasteiger partial charge in [0.05, 0.1) is 5.92 Å². The Balaban J connectivity index is 1.46. The SMILES string of the molecule is O=C(Nc1nccs1)[C@H]1CCCN(C(=O)c2ccc3cc[nH]c3c2)C1. The highest BCUT2D eigenvalue weighted by Gasteiger charge is 2.29. The molecule has 2 N–H and O–H groups in total. The summed E-state index contributed by atoms with van der Waals surface area (Å²) in [5, 5.41) is 6.34. The third-order valence-corrected chi connectivity index (χ3v) is 5.23. The highest BCUT2D eigenvalue weighted by Crippen LogP contribution is 2.22. The number of thiazole rings is 1. The third-order valence-electron chi connectivity index (χ3n) is 4.54. The van der Waals surface area contributed by atoms with E-state index in [1.54, 1.807) is 11.1 Å². The van der Waals surface area contributed by atoms with Crippen LogP contribution in [0.4, 0.5) is 5.13 Å². The molecule has 4 rings (SSSR count). The van der Waals surface area contributed by atoms with Crippen LogP contribution in [-0.2, 0) is 4.79 Å². The molecule has 3 aromatic rings. The number of hydrogen-bond donors (Lipinski definition) is 2. The van der Waals surface area contributed by atoms with Gasteiger partial charge in [-0.3, -0.25) is 9.59 Å². The van der Waals surface area contributed by atoms with Crippen LogP contribution in [0, 0.1) is 5.92 Å². The van der Waals surface area contributed by atoms with E-state index in [0.29, 0.717) is 23.8 Å². The molecule has 6 nitrogen and oxygen atoms in total. The van der Waals surface area contributed by atoms with Crippen LogP contribution in [0.5, 0.6) is 0 Å². The molecule has 0 spiro atoms. The topological polar surface area (TPSA) is 78.1 Å². The van der Waals surface area contributed by atoms with Crippen molar-refractivity contribution in [3.05, 3.63) is 47.6 Å². The van der Waals surface area contributed by atoms with Gasteiger partial charge in [-0.15, -0.1) is 11.3 Å². The zero-order chi connectivity index (χ0) is 17.2. The summed E-state index contributed by atoms with van der Waals surface area (Å²) in [6.45, 7) is 1.13. The van der Waals surface area contributed by atoms with Gasteiger partial charge in [-0.25, -0.2) is 4.98 Å². The summed E-state index contributed by atoms with van der Waals surface area (Å²) in [5.74, 6) is -0.286. The minimum atomic E-state index is -0.198. The summed E-state index contributed by atoms with van der Waals surface area (Å²) in [5.41, 5.74) is 1.59. The Hall–Kier alpha value is -2.67. The first-order valence-electron chi connectivity index (χ1n) is 8.27. The zero-order valence-corrected chi connectivity index (χ0v) is 14.4. The van der Waals surface area contributed by atoms with Gasteiger partial charge >= 0.3 is 0 Å². The van der Waals surface area contributed by atoms with Gasteiger partial charge in [-0.05, 0) is 36.4 Å². The molecule has 7 heteroatoms. The molecular weight excluding hydrogens is 336 g/mol. The quantitative estimate of drug-likeness (QED) is 0.758. The predicted molar refractivity (Wildman–Crippen MR) is 97.7 cm³/mol. The molecule has 1 aromatic carbocycles. The average molecular weight is 354 g/mol. The van der Waals surface area contributed by atoms with E-state index in [-0.39, 0.29) is 17.7 Å². The fourth-order valence-electron chi connectivity index (χ4n) is 3.23. The van der Waals surface area contributed by atoms with Crippen molar-refractivity contribution in [2.24, 2.45) is 5.92 Å². The monoisotopic (exact) mass is 354 g/mol. The number of hydrogen-bond acceptors (Lipinski definition) is 4. The Morgan fingerprint density at radius 3 is 3.08 bits per heavy atom. The van der Waals surface area contributed by atoms with Crippen LogP contribution < -0.4 is 5.32 Å². The molecule has 1 fully saturated rings. The lowest BCUT2D eigenvalue weighted by atomic mass is 9.96. The molecule has 0 aliphatic carbocycles. The summed E-state index contributed by atoms with van der Waals surface area (Å²) in [7, 11) is 0. The Kier molecular flexibility index (Phi) is 4.23. The first-order valence-corrected chi connectivity index (χ1v) is 9.15. The van der Waals surface area contributed by atoms with Crippen LogP contribution in [0.3, 0.4) is 0 Å². The second kappa shape index (κ2) is 6.68. The molecular formula is C18H18N4O2S. The zero-order valence-electron chi connectivity index (χ0n) is 13.6. The van der Waals surface area contributed by atoms with Crippen molar-refractivity contribution in [1.82, 2.24) is 14.9 Å². The molecule has 2 amide bonds. The van der Waals surface area contributed by atoms with Crippen LogP contribution in [0.15, 0.2) is 42.0 Å². The fourth-order valence-corrected chi connectivity index (χ4v) is 3.76. The minimum Gasteiger partial charge on any atom is -0.361 e. The van der Waals surface area contributed by atoms with Crippen molar-refractivity contribution in [2.75, 3.05) is 18.4 Å². The van der Waals surface area contributed by atoms with Crippen molar-refractivity contribution in [1.29, 1.82) is 0 Å². The summed E-state index contributed by atoms with van der Waals surface area (Å²) >= 11 is 1.39. The van der Waals surface area contributed by atoms with Gasteiger partial charge in [0.15, 0.2) is 5.13 Å². The first kappa shape index (κ1) is 15.8. The largest absolute Gasteiger partial charge is 0.361 e. The normalized spacial score (nSPS) is 17.6. The molecule has 3 heterocycles. The highest BCUT2D eigenvalue weighted by atomic mass is 32.1. The molecule has 0 unspecified atom stereocenters. The summed E-state index contributed by atoms with van der Waals surface area (Å²) in [4.78, 5) is 34.2. The number of likely N-dealkylation sites (tertiary alicyclic amines) is 1. The van der Waals surface area contributed by atoms with Gasteiger partial charge in [0.2, 0.25) is 5.91 Å². The van der Waals surface area contributed by atoms with Crippen molar-refractivity contribution in [2.45, 2.75) is 12.8 Å². The smallest absolute Gasteiger partial charge is 0.253 e. The molecule has 0 radical (unpaired) electrons. The van der Waals surface area contributed by atoms with E-state index in [2.05, 4.69) is 15.3 Å². The second-order valence-corrected chi connectivity index (χ2v) is 7.09. The lowest BCUT2D eigenvalue weighted by Gasteiger charge is -2.32. The van der Waals surface area contributed by atoms with Crippen molar-refractivity contribution >= 4 is 39.2 Å². The van der Waals surface area contributed by atoms with Crippen LogP contribution >= 0.6 is 11.3 Å². The van der Waals surface area contributed by atoms with Gasteiger partial charge in [-0.1, -0.05) is 6.07 Å². The number of anilines is 1.